The zero-order chi connectivity index (χ0) is 15.2. The summed E-state index contributed by atoms with van der Waals surface area (Å²) in [5.41, 5.74) is 7.97. The van der Waals surface area contributed by atoms with E-state index in [1.54, 1.807) is 10.8 Å². The molecule has 1 aromatic carbocycles. The van der Waals surface area contributed by atoms with Gasteiger partial charge in [-0.25, -0.2) is 4.98 Å². The van der Waals surface area contributed by atoms with Crippen LogP contribution in [0.1, 0.15) is 34.5 Å². The van der Waals surface area contributed by atoms with Crippen LogP contribution in [0.5, 0.6) is 0 Å². The Morgan fingerprint density at radius 2 is 2.19 bits per heavy atom. The molecule has 0 aliphatic carbocycles. The third-order valence-corrected chi connectivity index (χ3v) is 3.55. The van der Waals surface area contributed by atoms with Crippen LogP contribution in [0.4, 0.5) is 0 Å². The molecule has 0 bridgehead atoms. The molecule has 0 saturated heterocycles. The van der Waals surface area contributed by atoms with Crippen LogP contribution < -0.4 is 5.73 Å². The Hall–Kier alpha value is -2.14. The van der Waals surface area contributed by atoms with Gasteiger partial charge in [0.25, 0.3) is 5.91 Å². The van der Waals surface area contributed by atoms with E-state index < -0.39 is 12.0 Å². The summed E-state index contributed by atoms with van der Waals surface area (Å²) < 4.78 is 1.69. The molecule has 2 aromatic rings. The van der Waals surface area contributed by atoms with Crippen molar-refractivity contribution >= 4 is 5.91 Å². The lowest BCUT2D eigenvalue weighted by atomic mass is 10.0. The molecule has 112 valence electrons. The van der Waals surface area contributed by atoms with Crippen molar-refractivity contribution in [1.82, 2.24) is 9.55 Å². The van der Waals surface area contributed by atoms with Crippen LogP contribution in [0.3, 0.4) is 0 Å². The predicted octanol–water partition coefficient (Wildman–Crippen LogP) is 1.67. The van der Waals surface area contributed by atoms with Gasteiger partial charge in [0.15, 0.2) is 0 Å². The third kappa shape index (κ3) is 4.43. The van der Waals surface area contributed by atoms with Crippen LogP contribution in [-0.2, 0) is 13.0 Å². The summed E-state index contributed by atoms with van der Waals surface area (Å²) in [6.45, 7) is 2.52. The van der Waals surface area contributed by atoms with E-state index in [1.807, 2.05) is 12.1 Å². The lowest BCUT2D eigenvalue weighted by molar-refractivity contribution is 0.0995. The van der Waals surface area contributed by atoms with Gasteiger partial charge in [-0.2, -0.15) is 0 Å². The summed E-state index contributed by atoms with van der Waals surface area (Å²) in [5, 5.41) is 10.0. The number of aromatic nitrogens is 2. The molecule has 0 spiro atoms. The fourth-order valence-corrected chi connectivity index (χ4v) is 2.34. The number of amides is 1. The molecule has 0 aliphatic heterocycles. The summed E-state index contributed by atoms with van der Waals surface area (Å²) in [6, 6.07) is 8.29. The van der Waals surface area contributed by atoms with Crippen LogP contribution in [0.15, 0.2) is 36.8 Å². The first-order valence-corrected chi connectivity index (χ1v) is 7.10. The van der Waals surface area contributed by atoms with Crippen molar-refractivity contribution in [1.29, 1.82) is 0 Å². The van der Waals surface area contributed by atoms with Gasteiger partial charge in [-0.05, 0) is 37.3 Å². The minimum absolute atomic E-state index is 0.224. The highest BCUT2D eigenvalue weighted by Gasteiger charge is 2.09. The number of benzene rings is 1. The topological polar surface area (TPSA) is 81.1 Å². The van der Waals surface area contributed by atoms with Gasteiger partial charge in [0, 0.05) is 12.7 Å². The number of primary amides is 1. The van der Waals surface area contributed by atoms with Gasteiger partial charge in [0.05, 0.1) is 12.4 Å². The van der Waals surface area contributed by atoms with Crippen molar-refractivity contribution < 1.29 is 9.90 Å². The van der Waals surface area contributed by atoms with Gasteiger partial charge in [-0.3, -0.25) is 4.79 Å². The third-order valence-electron chi connectivity index (χ3n) is 3.55. The molecule has 1 aromatic heterocycles. The summed E-state index contributed by atoms with van der Waals surface area (Å²) in [7, 11) is 0. The number of nitrogens with zero attached hydrogens (tertiary/aromatic N) is 2. The van der Waals surface area contributed by atoms with E-state index in [2.05, 4.69) is 24.0 Å². The molecule has 1 atom stereocenters. The molecule has 1 amide bonds. The number of hydrogen-bond acceptors (Lipinski definition) is 3. The second-order valence-electron chi connectivity index (χ2n) is 5.29. The van der Waals surface area contributed by atoms with Crippen LogP contribution in [0.25, 0.3) is 0 Å². The quantitative estimate of drug-likeness (QED) is 0.813. The number of aliphatic hydroxyl groups is 1. The second-order valence-corrected chi connectivity index (χ2v) is 5.29. The van der Waals surface area contributed by atoms with Gasteiger partial charge in [-0.15, -0.1) is 0 Å². The van der Waals surface area contributed by atoms with E-state index in [0.29, 0.717) is 13.0 Å². The van der Waals surface area contributed by atoms with Gasteiger partial charge in [0.1, 0.15) is 5.69 Å². The Balaban J connectivity index is 1.78. The lowest BCUT2D eigenvalue weighted by Crippen LogP contribution is -2.15. The smallest absolute Gasteiger partial charge is 0.268 e. The molecule has 5 nitrogen and oxygen atoms in total. The van der Waals surface area contributed by atoms with Crippen LogP contribution in [-0.4, -0.2) is 26.7 Å². The van der Waals surface area contributed by atoms with Crippen molar-refractivity contribution in [2.24, 2.45) is 5.73 Å². The molecule has 2 rings (SSSR count). The maximum Gasteiger partial charge on any atom is 0.268 e. The van der Waals surface area contributed by atoms with Gasteiger partial charge < -0.3 is 15.4 Å². The van der Waals surface area contributed by atoms with E-state index in [-0.39, 0.29) is 5.69 Å². The Labute approximate surface area is 124 Å². The number of imidazole rings is 1. The molecule has 21 heavy (non-hydrogen) atoms. The summed E-state index contributed by atoms with van der Waals surface area (Å²) in [4.78, 5) is 14.8. The monoisotopic (exact) mass is 287 g/mol. The molecular weight excluding hydrogens is 266 g/mol. The Morgan fingerprint density at radius 3 is 2.86 bits per heavy atom. The zero-order valence-corrected chi connectivity index (χ0v) is 12.2. The van der Waals surface area contributed by atoms with Gasteiger partial charge >= 0.3 is 0 Å². The van der Waals surface area contributed by atoms with E-state index in [1.165, 1.54) is 17.5 Å². The number of aryl methyl sites for hydroxylation is 2. The number of carbonyl (C=O) groups is 1. The average Bonchev–Trinajstić information content (AvgIpc) is 2.89. The first-order valence-electron chi connectivity index (χ1n) is 7.10. The number of aliphatic hydroxyl groups excluding tert-OH is 1. The summed E-state index contributed by atoms with van der Waals surface area (Å²) in [6.07, 6.45) is 5.21. The predicted molar refractivity (Wildman–Crippen MR) is 80.9 cm³/mol. The highest BCUT2D eigenvalue weighted by molar-refractivity contribution is 5.90. The molecule has 0 fully saturated rings. The van der Waals surface area contributed by atoms with Crippen molar-refractivity contribution in [3.63, 3.8) is 0 Å². The molecule has 1 heterocycles. The first kappa shape index (κ1) is 15.3. The minimum Gasteiger partial charge on any atom is -0.391 e. The van der Waals surface area contributed by atoms with Crippen LogP contribution in [0, 0.1) is 6.92 Å². The van der Waals surface area contributed by atoms with E-state index in [4.69, 9.17) is 5.73 Å². The molecule has 5 heteroatoms. The van der Waals surface area contributed by atoms with Gasteiger partial charge in [0.2, 0.25) is 0 Å². The van der Waals surface area contributed by atoms with E-state index in [9.17, 15) is 9.90 Å². The van der Waals surface area contributed by atoms with Crippen LogP contribution >= 0.6 is 0 Å². The average molecular weight is 287 g/mol. The van der Waals surface area contributed by atoms with Crippen molar-refractivity contribution in [2.75, 3.05) is 0 Å². The van der Waals surface area contributed by atoms with Gasteiger partial charge in [-0.1, -0.05) is 24.3 Å². The molecule has 0 radical (unpaired) electrons. The fourth-order valence-electron chi connectivity index (χ4n) is 2.34. The van der Waals surface area contributed by atoms with Crippen molar-refractivity contribution in [3.05, 3.63) is 53.6 Å². The number of hydrogen-bond donors (Lipinski definition) is 2. The molecule has 3 N–H and O–H groups in total. The first-order chi connectivity index (χ1) is 10.1. The molecular formula is C16H21N3O2. The highest BCUT2D eigenvalue weighted by Crippen LogP contribution is 2.12. The lowest BCUT2D eigenvalue weighted by Gasteiger charge is -2.11. The fraction of sp³-hybridized carbons (Fsp3) is 0.375. The number of rotatable bonds is 7. The van der Waals surface area contributed by atoms with E-state index >= 15 is 0 Å². The van der Waals surface area contributed by atoms with E-state index in [0.717, 1.165) is 12.8 Å². The Bertz CT molecular complexity index is 607. The summed E-state index contributed by atoms with van der Waals surface area (Å²) >= 11 is 0. The van der Waals surface area contributed by atoms with Crippen LogP contribution in [0.2, 0.25) is 0 Å². The molecule has 0 saturated carbocycles. The summed E-state index contributed by atoms with van der Waals surface area (Å²) in [5.74, 6) is -0.553. The Kier molecular flexibility index (Phi) is 5.11. The largest absolute Gasteiger partial charge is 0.391 e. The maximum atomic E-state index is 10.9. The standard InChI is InChI=1S/C16H21N3O2/c1-12-5-2-3-6-13(12)7-4-8-14(20)9-19-10-15(16(17)21)18-11-19/h2-3,5-6,10-11,14,20H,4,7-9H2,1H3,(H2,17,21). The highest BCUT2D eigenvalue weighted by atomic mass is 16.3. The normalized spacial score (nSPS) is 12.3. The number of nitrogens with two attached hydrogens (primary N) is 1. The van der Waals surface area contributed by atoms with Crippen molar-refractivity contribution in [3.8, 4) is 0 Å². The Morgan fingerprint density at radius 1 is 1.43 bits per heavy atom. The SMILES string of the molecule is Cc1ccccc1CCCC(O)Cn1cnc(C(N)=O)c1. The maximum absolute atomic E-state index is 10.9. The second kappa shape index (κ2) is 7.04. The molecule has 1 unspecified atom stereocenters. The minimum atomic E-state index is -0.553. The number of carbonyl (C=O) groups excluding carboxylic acids is 1. The van der Waals surface area contributed by atoms with Crippen molar-refractivity contribution in [2.45, 2.75) is 38.8 Å². The molecule has 0 aliphatic rings. The zero-order valence-electron chi connectivity index (χ0n) is 12.2.